The Hall–Kier alpha value is -2.31. The highest BCUT2D eigenvalue weighted by molar-refractivity contribution is 6.62. The fourth-order valence-electron chi connectivity index (χ4n) is 2.78. The van der Waals surface area contributed by atoms with E-state index in [1.807, 2.05) is 82.3 Å². The highest BCUT2D eigenvalue weighted by Gasteiger charge is 2.51. The zero-order valence-electron chi connectivity index (χ0n) is 16.3. The van der Waals surface area contributed by atoms with Crippen molar-refractivity contribution in [1.29, 1.82) is 0 Å². The van der Waals surface area contributed by atoms with Gasteiger partial charge in [0.15, 0.2) is 0 Å². The average molecular weight is 367 g/mol. The summed E-state index contributed by atoms with van der Waals surface area (Å²) >= 11 is 0. The molecule has 1 amide bonds. The lowest BCUT2D eigenvalue weighted by Gasteiger charge is -2.32. The third-order valence-corrected chi connectivity index (χ3v) is 5.13. The first-order valence-electron chi connectivity index (χ1n) is 9.16. The monoisotopic (exact) mass is 367 g/mol. The molecule has 1 aliphatic rings. The molecule has 0 aromatic heterocycles. The summed E-state index contributed by atoms with van der Waals surface area (Å²) in [5.74, 6) is 0. The Morgan fingerprint density at radius 1 is 0.963 bits per heavy atom. The van der Waals surface area contributed by atoms with Gasteiger partial charge >= 0.3 is 13.2 Å². The molecule has 2 aromatic carbocycles. The third kappa shape index (κ3) is 4.70. The molecule has 0 saturated carbocycles. The van der Waals surface area contributed by atoms with Crippen molar-refractivity contribution < 1.29 is 18.8 Å². The summed E-state index contributed by atoms with van der Waals surface area (Å²) in [7, 11) is -0.417. The van der Waals surface area contributed by atoms with Crippen LogP contribution in [0.25, 0.3) is 0 Å². The second-order valence-corrected chi connectivity index (χ2v) is 7.75. The highest BCUT2D eigenvalue weighted by Crippen LogP contribution is 2.36. The lowest BCUT2D eigenvalue weighted by atomic mass is 9.78. The summed E-state index contributed by atoms with van der Waals surface area (Å²) in [6.45, 7) is 8.74. The van der Waals surface area contributed by atoms with Crippen LogP contribution in [0.2, 0.25) is 0 Å². The second-order valence-electron chi connectivity index (χ2n) is 7.75. The van der Waals surface area contributed by atoms with E-state index in [-0.39, 0.29) is 17.8 Å². The molecule has 0 spiro atoms. The van der Waals surface area contributed by atoms with Crippen molar-refractivity contribution in [2.75, 3.05) is 0 Å². The fourth-order valence-corrected chi connectivity index (χ4v) is 2.78. The van der Waals surface area contributed by atoms with Crippen LogP contribution in [0.15, 0.2) is 54.6 Å². The molecule has 1 aliphatic heterocycles. The number of benzene rings is 2. The van der Waals surface area contributed by atoms with Gasteiger partial charge in [0, 0.05) is 6.54 Å². The number of hydrogen-bond acceptors (Lipinski definition) is 4. The summed E-state index contributed by atoms with van der Waals surface area (Å²) in [5, 5.41) is 2.78. The topological polar surface area (TPSA) is 56.8 Å². The van der Waals surface area contributed by atoms with Gasteiger partial charge in [0.2, 0.25) is 0 Å². The highest BCUT2D eigenvalue weighted by atomic mass is 16.7. The lowest BCUT2D eigenvalue weighted by Crippen LogP contribution is -2.41. The maximum absolute atomic E-state index is 11.9. The molecule has 5 nitrogen and oxygen atoms in total. The van der Waals surface area contributed by atoms with E-state index in [0.717, 1.165) is 16.6 Å². The lowest BCUT2D eigenvalue weighted by molar-refractivity contribution is 0.00578. The van der Waals surface area contributed by atoms with E-state index in [9.17, 15) is 4.79 Å². The van der Waals surface area contributed by atoms with Gasteiger partial charge in [-0.2, -0.15) is 0 Å². The molecular weight excluding hydrogens is 341 g/mol. The van der Waals surface area contributed by atoms with E-state index in [1.54, 1.807) is 0 Å². The van der Waals surface area contributed by atoms with Crippen molar-refractivity contribution in [2.24, 2.45) is 0 Å². The Labute approximate surface area is 161 Å². The van der Waals surface area contributed by atoms with Crippen molar-refractivity contribution in [3.63, 3.8) is 0 Å². The number of nitrogens with one attached hydrogen (secondary N) is 1. The van der Waals surface area contributed by atoms with Crippen LogP contribution in [0.3, 0.4) is 0 Å². The van der Waals surface area contributed by atoms with Gasteiger partial charge in [-0.3, -0.25) is 0 Å². The van der Waals surface area contributed by atoms with Crippen LogP contribution in [-0.4, -0.2) is 24.4 Å². The molecule has 0 radical (unpaired) electrons. The molecule has 0 unspecified atom stereocenters. The zero-order chi connectivity index (χ0) is 19.5. The summed E-state index contributed by atoms with van der Waals surface area (Å²) < 4.78 is 17.4. The Morgan fingerprint density at radius 2 is 1.59 bits per heavy atom. The fraction of sp³-hybridized carbons (Fsp3) is 0.381. The molecular formula is C21H26BNO4. The minimum Gasteiger partial charge on any atom is -0.445 e. The van der Waals surface area contributed by atoms with E-state index in [2.05, 4.69) is 5.32 Å². The molecule has 27 heavy (non-hydrogen) atoms. The maximum Gasteiger partial charge on any atom is 0.494 e. The van der Waals surface area contributed by atoms with Gasteiger partial charge in [-0.25, -0.2) is 4.79 Å². The van der Waals surface area contributed by atoms with E-state index in [1.165, 1.54) is 0 Å². The van der Waals surface area contributed by atoms with Crippen molar-refractivity contribution in [2.45, 2.75) is 52.0 Å². The van der Waals surface area contributed by atoms with Crippen molar-refractivity contribution >= 4 is 18.7 Å². The first kappa shape index (κ1) is 19.5. The molecule has 3 rings (SSSR count). The molecule has 0 atom stereocenters. The van der Waals surface area contributed by atoms with Crippen molar-refractivity contribution in [3.8, 4) is 0 Å². The van der Waals surface area contributed by atoms with Crippen LogP contribution in [0.4, 0.5) is 4.79 Å². The normalized spacial score (nSPS) is 17.6. The second kappa shape index (κ2) is 7.75. The van der Waals surface area contributed by atoms with Gasteiger partial charge in [-0.15, -0.1) is 0 Å². The molecule has 0 bridgehead atoms. The van der Waals surface area contributed by atoms with Gasteiger partial charge in [0.25, 0.3) is 0 Å². The molecule has 142 valence electrons. The van der Waals surface area contributed by atoms with Crippen LogP contribution in [0.1, 0.15) is 38.8 Å². The zero-order valence-corrected chi connectivity index (χ0v) is 16.3. The van der Waals surface area contributed by atoms with Gasteiger partial charge in [0.1, 0.15) is 6.61 Å². The number of carbonyl (C=O) groups excluding carboxylic acids is 1. The van der Waals surface area contributed by atoms with Gasteiger partial charge < -0.3 is 19.4 Å². The van der Waals surface area contributed by atoms with Crippen LogP contribution < -0.4 is 10.8 Å². The number of carbonyl (C=O) groups is 1. The summed E-state index contributed by atoms with van der Waals surface area (Å²) in [5.41, 5.74) is 2.08. The number of ether oxygens (including phenoxy) is 1. The summed E-state index contributed by atoms with van der Waals surface area (Å²) in [6, 6.07) is 17.4. The number of hydrogen-bond donors (Lipinski definition) is 1. The van der Waals surface area contributed by atoms with E-state index in [0.29, 0.717) is 6.54 Å². The van der Waals surface area contributed by atoms with Crippen molar-refractivity contribution in [3.05, 3.63) is 65.7 Å². The summed E-state index contributed by atoms with van der Waals surface area (Å²) in [6.07, 6.45) is -0.445. The van der Waals surface area contributed by atoms with Gasteiger partial charge in [-0.05, 0) is 44.3 Å². The van der Waals surface area contributed by atoms with Crippen LogP contribution >= 0.6 is 0 Å². The number of rotatable bonds is 5. The first-order valence-corrected chi connectivity index (χ1v) is 9.16. The molecule has 1 heterocycles. The van der Waals surface area contributed by atoms with Gasteiger partial charge in [-0.1, -0.05) is 54.6 Å². The third-order valence-electron chi connectivity index (χ3n) is 5.13. The standard InChI is InChI=1S/C21H26BNO4/c1-20(2)21(3,4)27-22(26-20)18-12-8-11-17(13-18)14-23-19(24)25-15-16-9-6-5-7-10-16/h5-13H,14-15H2,1-4H3,(H,23,24). The number of amides is 1. The Bertz CT molecular complexity index is 776. The maximum atomic E-state index is 11.9. The molecule has 1 fully saturated rings. The smallest absolute Gasteiger partial charge is 0.445 e. The minimum atomic E-state index is -0.445. The predicted octanol–water partition coefficient (Wildman–Crippen LogP) is 3.41. The van der Waals surface area contributed by atoms with Gasteiger partial charge in [0.05, 0.1) is 11.2 Å². The molecule has 1 saturated heterocycles. The largest absolute Gasteiger partial charge is 0.494 e. The average Bonchev–Trinajstić information content (AvgIpc) is 2.87. The molecule has 0 aliphatic carbocycles. The number of alkyl carbamates (subject to hydrolysis) is 1. The predicted molar refractivity (Wildman–Crippen MR) is 106 cm³/mol. The molecule has 1 N–H and O–H groups in total. The Balaban J connectivity index is 1.54. The van der Waals surface area contributed by atoms with Crippen LogP contribution in [0.5, 0.6) is 0 Å². The van der Waals surface area contributed by atoms with E-state index in [4.69, 9.17) is 14.0 Å². The molecule has 2 aromatic rings. The quantitative estimate of drug-likeness (QED) is 0.823. The summed E-state index contributed by atoms with van der Waals surface area (Å²) in [4.78, 5) is 11.9. The minimum absolute atomic E-state index is 0.251. The Morgan fingerprint density at radius 3 is 2.26 bits per heavy atom. The van der Waals surface area contributed by atoms with E-state index < -0.39 is 13.2 Å². The van der Waals surface area contributed by atoms with Crippen molar-refractivity contribution in [1.82, 2.24) is 5.32 Å². The van der Waals surface area contributed by atoms with Crippen LogP contribution in [0, 0.1) is 0 Å². The Kier molecular flexibility index (Phi) is 5.58. The van der Waals surface area contributed by atoms with Crippen LogP contribution in [-0.2, 0) is 27.2 Å². The molecule has 6 heteroatoms. The first-order chi connectivity index (χ1) is 12.8. The van der Waals surface area contributed by atoms with E-state index >= 15 is 0 Å². The SMILES string of the molecule is CC1(C)OB(c2cccc(CNC(=O)OCc3ccccc3)c2)OC1(C)C.